The lowest BCUT2D eigenvalue weighted by atomic mass is 10.1. The molecule has 21 heavy (non-hydrogen) atoms. The van der Waals surface area contributed by atoms with Gasteiger partial charge in [-0.1, -0.05) is 32.0 Å². The van der Waals surface area contributed by atoms with Gasteiger partial charge in [-0.15, -0.1) is 11.3 Å². The lowest BCUT2D eigenvalue weighted by molar-refractivity contribution is 0.296. The molecule has 2 aromatic heterocycles. The number of hydrogen-bond donors (Lipinski definition) is 0. The first-order valence-electron chi connectivity index (χ1n) is 7.24. The van der Waals surface area contributed by atoms with Crippen LogP contribution in [0.15, 0.2) is 36.7 Å². The first-order chi connectivity index (χ1) is 10.3. The van der Waals surface area contributed by atoms with Gasteiger partial charge < -0.3 is 0 Å². The van der Waals surface area contributed by atoms with Crippen LogP contribution in [0, 0.1) is 6.20 Å². The van der Waals surface area contributed by atoms with Crippen molar-refractivity contribution in [2.75, 3.05) is 13.1 Å². The van der Waals surface area contributed by atoms with E-state index in [0.29, 0.717) is 0 Å². The molecular weight excluding hydrogens is 278 g/mol. The highest BCUT2D eigenvalue weighted by atomic mass is 32.1. The van der Waals surface area contributed by atoms with E-state index in [4.69, 9.17) is 0 Å². The molecule has 0 N–H and O–H groups in total. The molecule has 0 bridgehead atoms. The molecule has 0 fully saturated rings. The van der Waals surface area contributed by atoms with Crippen molar-refractivity contribution in [3.63, 3.8) is 0 Å². The molecule has 2 heterocycles. The highest BCUT2D eigenvalue weighted by Crippen LogP contribution is 2.32. The van der Waals surface area contributed by atoms with Crippen molar-refractivity contribution < 1.29 is 0 Å². The van der Waals surface area contributed by atoms with Gasteiger partial charge in [0.15, 0.2) is 0 Å². The summed E-state index contributed by atoms with van der Waals surface area (Å²) in [5, 5.41) is 0. The molecule has 0 saturated heterocycles. The van der Waals surface area contributed by atoms with Crippen molar-refractivity contribution in [2.45, 2.75) is 20.4 Å². The molecule has 3 aromatic rings. The number of aromatic nitrogens is 2. The summed E-state index contributed by atoms with van der Waals surface area (Å²) < 4.78 is 1.02. The summed E-state index contributed by atoms with van der Waals surface area (Å²) in [4.78, 5) is 11.9. The number of fused-ring (bicyclic) bond motifs is 1. The van der Waals surface area contributed by atoms with Crippen LogP contribution in [-0.2, 0) is 6.54 Å². The van der Waals surface area contributed by atoms with E-state index in [1.54, 1.807) is 17.7 Å². The average Bonchev–Trinajstić information content (AvgIpc) is 2.97. The van der Waals surface area contributed by atoms with Crippen LogP contribution in [0.2, 0.25) is 0 Å². The van der Waals surface area contributed by atoms with Crippen LogP contribution >= 0.6 is 11.3 Å². The maximum Gasteiger partial charge on any atom is 0.116 e. The van der Waals surface area contributed by atoms with Crippen LogP contribution in [0.25, 0.3) is 20.7 Å². The third-order valence-corrected chi connectivity index (χ3v) is 4.72. The third kappa shape index (κ3) is 3.12. The van der Waals surface area contributed by atoms with Gasteiger partial charge in [-0.3, -0.25) is 4.90 Å². The molecule has 3 rings (SSSR count). The Morgan fingerprint density at radius 2 is 2.05 bits per heavy atom. The Bertz CT molecular complexity index is 698. The third-order valence-electron chi connectivity index (χ3n) is 3.65. The summed E-state index contributed by atoms with van der Waals surface area (Å²) in [6.07, 6.45) is 4.56. The minimum absolute atomic E-state index is 0.971. The molecule has 1 aromatic carbocycles. The van der Waals surface area contributed by atoms with E-state index in [9.17, 15) is 0 Å². The van der Waals surface area contributed by atoms with Crippen LogP contribution in [0.4, 0.5) is 0 Å². The number of thiophene rings is 1. The highest BCUT2D eigenvalue weighted by molar-refractivity contribution is 7.22. The zero-order valence-electron chi connectivity index (χ0n) is 12.3. The average molecular weight is 296 g/mol. The molecule has 1 radical (unpaired) electrons. The number of rotatable bonds is 5. The van der Waals surface area contributed by atoms with E-state index in [-0.39, 0.29) is 0 Å². The Balaban J connectivity index is 1.91. The number of benzene rings is 1. The van der Waals surface area contributed by atoms with Gasteiger partial charge in [0.05, 0.1) is 10.2 Å². The molecule has 0 aliphatic heterocycles. The second-order valence-corrected chi connectivity index (χ2v) is 6.02. The molecule has 0 aliphatic rings. The topological polar surface area (TPSA) is 29.0 Å². The summed E-state index contributed by atoms with van der Waals surface area (Å²) in [6.45, 7) is 7.56. The van der Waals surface area contributed by atoms with Gasteiger partial charge >= 0.3 is 0 Å². The molecule has 3 nitrogen and oxygen atoms in total. The van der Waals surface area contributed by atoms with Gasteiger partial charge in [0.1, 0.15) is 12.5 Å². The monoisotopic (exact) mass is 296 g/mol. The molecule has 0 aliphatic carbocycles. The molecular formula is C17H18N3S. The Kier molecular flexibility index (Phi) is 4.27. The molecule has 0 spiro atoms. The summed E-state index contributed by atoms with van der Waals surface area (Å²) >= 11 is 1.70. The van der Waals surface area contributed by atoms with Crippen molar-refractivity contribution >= 4 is 21.6 Å². The van der Waals surface area contributed by atoms with Gasteiger partial charge in [-0.25, -0.2) is 9.97 Å². The summed E-state index contributed by atoms with van der Waals surface area (Å²) in [5.41, 5.74) is 3.57. The minimum Gasteiger partial charge on any atom is -0.300 e. The van der Waals surface area contributed by atoms with Gasteiger partial charge in [0.25, 0.3) is 0 Å². The van der Waals surface area contributed by atoms with Gasteiger partial charge in [-0.05, 0) is 36.3 Å². The second kappa shape index (κ2) is 6.33. The first kappa shape index (κ1) is 14.2. The van der Waals surface area contributed by atoms with Crippen molar-refractivity contribution in [1.82, 2.24) is 14.9 Å². The predicted molar refractivity (Wildman–Crippen MR) is 88.3 cm³/mol. The lowest BCUT2D eigenvalue weighted by Crippen LogP contribution is -2.22. The second-order valence-electron chi connectivity index (χ2n) is 4.97. The summed E-state index contributed by atoms with van der Waals surface area (Å²) in [7, 11) is 0. The van der Waals surface area contributed by atoms with E-state index in [1.807, 2.05) is 0 Å². The van der Waals surface area contributed by atoms with E-state index in [0.717, 1.165) is 29.9 Å². The van der Waals surface area contributed by atoms with Crippen molar-refractivity contribution in [3.8, 4) is 10.4 Å². The van der Waals surface area contributed by atoms with Crippen LogP contribution in [0.5, 0.6) is 0 Å². The van der Waals surface area contributed by atoms with Crippen molar-refractivity contribution in [2.24, 2.45) is 0 Å². The fourth-order valence-corrected chi connectivity index (χ4v) is 3.36. The van der Waals surface area contributed by atoms with Crippen LogP contribution < -0.4 is 0 Å². The first-order valence-corrected chi connectivity index (χ1v) is 8.05. The molecule has 4 heteroatoms. The zero-order valence-corrected chi connectivity index (χ0v) is 13.2. The number of nitrogens with zero attached hydrogens (tertiary/aromatic N) is 3. The number of hydrogen-bond acceptors (Lipinski definition) is 4. The molecule has 0 amide bonds. The van der Waals surface area contributed by atoms with Crippen LogP contribution in [0.3, 0.4) is 0 Å². The van der Waals surface area contributed by atoms with E-state index >= 15 is 0 Å². The van der Waals surface area contributed by atoms with E-state index < -0.39 is 0 Å². The lowest BCUT2D eigenvalue weighted by Gasteiger charge is -2.18. The van der Waals surface area contributed by atoms with Crippen molar-refractivity contribution in [3.05, 3.63) is 48.4 Å². The van der Waals surface area contributed by atoms with E-state index in [2.05, 4.69) is 65.2 Å². The van der Waals surface area contributed by atoms with E-state index in [1.165, 1.54) is 16.0 Å². The summed E-state index contributed by atoms with van der Waals surface area (Å²) in [5.74, 6) is 0. The Labute approximate surface area is 129 Å². The highest BCUT2D eigenvalue weighted by Gasteiger charge is 2.07. The normalized spacial score (nSPS) is 11.4. The van der Waals surface area contributed by atoms with Gasteiger partial charge in [0, 0.05) is 11.4 Å². The van der Waals surface area contributed by atoms with Crippen LogP contribution in [0.1, 0.15) is 19.4 Å². The van der Waals surface area contributed by atoms with Gasteiger partial charge in [0.2, 0.25) is 0 Å². The molecule has 0 unspecified atom stereocenters. The minimum atomic E-state index is 0.971. The van der Waals surface area contributed by atoms with Crippen molar-refractivity contribution in [1.29, 1.82) is 0 Å². The molecule has 0 saturated carbocycles. The standard InChI is InChI=1S/C17H18N3S/c1-3-20(4-2)11-13-6-5-7-14(8-13)16-9-15-17(21-16)10-18-12-19-15/h5-9,12H,3-4,11H2,1-2H3. The predicted octanol–water partition coefficient (Wildman–Crippen LogP) is 4.00. The molecule has 107 valence electrons. The Hall–Kier alpha value is -1.78. The fraction of sp³-hybridized carbons (Fsp3) is 0.294. The zero-order chi connectivity index (χ0) is 14.7. The quantitative estimate of drug-likeness (QED) is 0.712. The fourth-order valence-electron chi connectivity index (χ4n) is 2.41. The maximum atomic E-state index is 4.28. The summed E-state index contributed by atoms with van der Waals surface area (Å²) in [6, 6.07) is 10.9. The SMILES string of the molecule is CCN(CC)Cc1cccc(-c2cc3ncn[c]c3s2)c1. The Morgan fingerprint density at radius 1 is 1.19 bits per heavy atom. The van der Waals surface area contributed by atoms with Gasteiger partial charge in [-0.2, -0.15) is 0 Å². The maximum absolute atomic E-state index is 4.28. The van der Waals surface area contributed by atoms with Crippen LogP contribution in [-0.4, -0.2) is 28.0 Å². The smallest absolute Gasteiger partial charge is 0.116 e. The molecule has 0 atom stereocenters. The Morgan fingerprint density at radius 3 is 2.81 bits per heavy atom. The largest absolute Gasteiger partial charge is 0.300 e.